The van der Waals surface area contributed by atoms with E-state index in [0.717, 1.165) is 0 Å². The Morgan fingerprint density at radius 3 is 2.60 bits per heavy atom. The molecule has 1 aromatic rings. The number of hydrogen-bond acceptors (Lipinski definition) is 6. The molecule has 0 aliphatic carbocycles. The van der Waals surface area contributed by atoms with Crippen molar-refractivity contribution in [2.75, 3.05) is 18.5 Å². The number of nitrogens with one attached hydrogen (secondary N) is 1. The van der Waals surface area contributed by atoms with E-state index in [4.69, 9.17) is 9.47 Å². The van der Waals surface area contributed by atoms with Crippen LogP contribution in [0.1, 0.15) is 20.3 Å². The smallest absolute Gasteiger partial charge is 0.336 e. The molecular formula is C14H18N2O4. The van der Waals surface area contributed by atoms with Gasteiger partial charge in [-0.05, 0) is 26.0 Å². The molecule has 0 atom stereocenters. The topological polar surface area (TPSA) is 77.5 Å². The fourth-order valence-electron chi connectivity index (χ4n) is 1.38. The van der Waals surface area contributed by atoms with Gasteiger partial charge in [-0.15, -0.1) is 0 Å². The van der Waals surface area contributed by atoms with Crippen molar-refractivity contribution < 1.29 is 19.1 Å². The van der Waals surface area contributed by atoms with Crippen molar-refractivity contribution in [2.24, 2.45) is 0 Å². The maximum Gasteiger partial charge on any atom is 0.336 e. The first-order valence-electron chi connectivity index (χ1n) is 6.36. The third-order valence-electron chi connectivity index (χ3n) is 2.24. The molecule has 0 aliphatic rings. The summed E-state index contributed by atoms with van der Waals surface area (Å²) >= 11 is 0. The van der Waals surface area contributed by atoms with Crippen LogP contribution in [-0.4, -0.2) is 30.1 Å². The molecule has 1 aromatic heterocycles. The van der Waals surface area contributed by atoms with Crippen molar-refractivity contribution in [3.63, 3.8) is 0 Å². The van der Waals surface area contributed by atoms with Gasteiger partial charge in [0.1, 0.15) is 5.82 Å². The molecule has 0 radical (unpaired) electrons. The van der Waals surface area contributed by atoms with E-state index in [0.29, 0.717) is 5.82 Å². The Balaban J connectivity index is 2.75. The van der Waals surface area contributed by atoms with Gasteiger partial charge in [-0.1, -0.05) is 6.07 Å². The zero-order chi connectivity index (χ0) is 14.8. The van der Waals surface area contributed by atoms with Crippen molar-refractivity contribution in [3.8, 4) is 0 Å². The lowest BCUT2D eigenvalue weighted by molar-refractivity contribution is -0.145. The van der Waals surface area contributed by atoms with Crippen LogP contribution in [0, 0.1) is 0 Å². The van der Waals surface area contributed by atoms with Crippen molar-refractivity contribution in [2.45, 2.75) is 20.3 Å². The number of ether oxygens (including phenoxy) is 2. The number of nitrogens with zero attached hydrogens (tertiary/aromatic N) is 1. The molecule has 0 saturated carbocycles. The number of aromatic nitrogens is 1. The number of carbonyl (C=O) groups excluding carboxylic acids is 2. The first kappa shape index (κ1) is 15.7. The molecule has 20 heavy (non-hydrogen) atoms. The third kappa shape index (κ3) is 5.51. The number of anilines is 1. The molecule has 108 valence electrons. The Labute approximate surface area is 117 Å². The molecule has 0 spiro atoms. The van der Waals surface area contributed by atoms with E-state index >= 15 is 0 Å². The molecule has 0 unspecified atom stereocenters. The molecule has 0 amide bonds. The van der Waals surface area contributed by atoms with E-state index < -0.39 is 11.9 Å². The molecule has 0 fully saturated rings. The Kier molecular flexibility index (Phi) is 6.81. The summed E-state index contributed by atoms with van der Waals surface area (Å²) in [5, 5.41) is 2.85. The summed E-state index contributed by atoms with van der Waals surface area (Å²) < 4.78 is 9.72. The summed E-state index contributed by atoms with van der Waals surface area (Å²) in [6, 6.07) is 5.32. The fraction of sp³-hybridized carbons (Fsp3) is 0.357. The van der Waals surface area contributed by atoms with Crippen molar-refractivity contribution >= 4 is 17.8 Å². The second-order valence-corrected chi connectivity index (χ2v) is 3.73. The Bertz CT molecular complexity index is 471. The van der Waals surface area contributed by atoms with Gasteiger partial charge in [0.05, 0.1) is 25.2 Å². The zero-order valence-electron chi connectivity index (χ0n) is 11.6. The molecule has 6 heteroatoms. The number of pyridine rings is 1. The molecule has 1 N–H and O–H groups in total. The van der Waals surface area contributed by atoms with Crippen LogP contribution in [0.4, 0.5) is 5.82 Å². The highest BCUT2D eigenvalue weighted by molar-refractivity contribution is 5.94. The van der Waals surface area contributed by atoms with Gasteiger partial charge >= 0.3 is 11.9 Å². The average molecular weight is 278 g/mol. The summed E-state index contributed by atoms with van der Waals surface area (Å²) in [5.41, 5.74) is 0.191. The van der Waals surface area contributed by atoms with Crippen LogP contribution in [0.15, 0.2) is 36.2 Å². The van der Waals surface area contributed by atoms with Gasteiger partial charge in [0.2, 0.25) is 0 Å². The molecule has 0 bridgehead atoms. The minimum atomic E-state index is -0.552. The number of rotatable bonds is 7. The van der Waals surface area contributed by atoms with Crippen LogP contribution in [0.2, 0.25) is 0 Å². The third-order valence-corrected chi connectivity index (χ3v) is 2.24. The lowest BCUT2D eigenvalue weighted by Crippen LogP contribution is -2.15. The maximum absolute atomic E-state index is 11.7. The zero-order valence-corrected chi connectivity index (χ0v) is 11.6. The monoisotopic (exact) mass is 278 g/mol. The highest BCUT2D eigenvalue weighted by Crippen LogP contribution is 2.08. The first-order valence-corrected chi connectivity index (χ1v) is 6.36. The predicted molar refractivity (Wildman–Crippen MR) is 73.8 cm³/mol. The van der Waals surface area contributed by atoms with Crippen LogP contribution in [0.25, 0.3) is 0 Å². The van der Waals surface area contributed by atoms with Crippen molar-refractivity contribution in [1.29, 1.82) is 0 Å². The normalized spacial score (nSPS) is 10.8. The van der Waals surface area contributed by atoms with Crippen LogP contribution in [0.5, 0.6) is 0 Å². The minimum Gasteiger partial charge on any atom is -0.466 e. The summed E-state index contributed by atoms with van der Waals surface area (Å²) in [6.07, 6.45) is 2.88. The highest BCUT2D eigenvalue weighted by Gasteiger charge is 2.15. The van der Waals surface area contributed by atoms with Crippen LogP contribution in [-0.2, 0) is 19.1 Å². The van der Waals surface area contributed by atoms with Gasteiger partial charge < -0.3 is 14.8 Å². The minimum absolute atomic E-state index is 0.146. The number of esters is 2. The van der Waals surface area contributed by atoms with Gasteiger partial charge in [0, 0.05) is 12.4 Å². The molecule has 0 saturated heterocycles. The Morgan fingerprint density at radius 1 is 1.25 bits per heavy atom. The van der Waals surface area contributed by atoms with E-state index in [2.05, 4.69) is 10.3 Å². The van der Waals surface area contributed by atoms with Gasteiger partial charge in [0.25, 0.3) is 0 Å². The van der Waals surface area contributed by atoms with Crippen LogP contribution in [0.3, 0.4) is 0 Å². The first-order chi connectivity index (χ1) is 9.67. The standard InChI is InChI=1S/C14H18N2O4/c1-3-19-13(17)9-11(14(18)20-4-2)10-16-12-7-5-6-8-15-12/h5-8,10H,3-4,9H2,1-2H3,(H,15,16). The predicted octanol–water partition coefficient (Wildman–Crippen LogP) is 1.89. The summed E-state index contributed by atoms with van der Waals surface area (Å²) in [4.78, 5) is 27.3. The molecule has 0 aliphatic heterocycles. The van der Waals surface area contributed by atoms with Gasteiger partial charge in [-0.25, -0.2) is 9.78 Å². The Hall–Kier alpha value is -2.37. The average Bonchev–Trinajstić information content (AvgIpc) is 2.45. The van der Waals surface area contributed by atoms with Gasteiger partial charge in [-0.2, -0.15) is 0 Å². The van der Waals surface area contributed by atoms with E-state index in [1.807, 2.05) is 0 Å². The highest BCUT2D eigenvalue weighted by atomic mass is 16.5. The molecule has 6 nitrogen and oxygen atoms in total. The molecule has 1 rings (SSSR count). The lowest BCUT2D eigenvalue weighted by atomic mass is 10.2. The quantitative estimate of drug-likeness (QED) is 0.606. The van der Waals surface area contributed by atoms with E-state index in [-0.39, 0.29) is 25.2 Å². The second-order valence-electron chi connectivity index (χ2n) is 3.73. The second kappa shape index (κ2) is 8.68. The van der Waals surface area contributed by atoms with Crippen LogP contribution >= 0.6 is 0 Å². The summed E-state index contributed by atoms with van der Waals surface area (Å²) in [6.45, 7) is 3.91. The fourth-order valence-corrected chi connectivity index (χ4v) is 1.38. The van der Waals surface area contributed by atoms with Gasteiger partial charge in [-0.3, -0.25) is 4.79 Å². The van der Waals surface area contributed by atoms with Gasteiger partial charge in [0.15, 0.2) is 0 Å². The van der Waals surface area contributed by atoms with Crippen LogP contribution < -0.4 is 5.32 Å². The molecule has 0 aromatic carbocycles. The van der Waals surface area contributed by atoms with Crippen molar-refractivity contribution in [1.82, 2.24) is 4.98 Å². The largest absolute Gasteiger partial charge is 0.466 e. The summed E-state index contributed by atoms with van der Waals surface area (Å²) in [7, 11) is 0. The van der Waals surface area contributed by atoms with E-state index in [1.54, 1.807) is 38.2 Å². The van der Waals surface area contributed by atoms with Crippen molar-refractivity contribution in [3.05, 3.63) is 36.2 Å². The number of carbonyl (C=O) groups is 2. The maximum atomic E-state index is 11.7. The van der Waals surface area contributed by atoms with E-state index in [1.165, 1.54) is 6.20 Å². The summed E-state index contributed by atoms with van der Waals surface area (Å²) in [5.74, 6) is -0.461. The SMILES string of the molecule is CCOC(=O)CC(=CNc1ccccn1)C(=O)OCC. The lowest BCUT2D eigenvalue weighted by Gasteiger charge is -2.07. The Morgan fingerprint density at radius 2 is 2.00 bits per heavy atom. The molecule has 1 heterocycles. The molecular weight excluding hydrogens is 260 g/mol. The van der Waals surface area contributed by atoms with E-state index in [9.17, 15) is 9.59 Å². The number of hydrogen-bond donors (Lipinski definition) is 1.